The SMILES string of the molecule is CCc1cc(C(=O)Nc2cc(CC)[nH]n2)n(C)n1. The van der Waals surface area contributed by atoms with Crippen LogP contribution >= 0.6 is 0 Å². The Balaban J connectivity index is 2.13. The molecule has 0 spiro atoms. The minimum Gasteiger partial charge on any atom is -0.304 e. The molecule has 0 aliphatic rings. The number of hydrogen-bond donors (Lipinski definition) is 2. The van der Waals surface area contributed by atoms with Crippen molar-refractivity contribution in [3.8, 4) is 0 Å². The summed E-state index contributed by atoms with van der Waals surface area (Å²) in [5, 5.41) is 13.9. The van der Waals surface area contributed by atoms with E-state index < -0.39 is 0 Å². The molecule has 1 amide bonds. The van der Waals surface area contributed by atoms with E-state index in [1.54, 1.807) is 17.8 Å². The minimum absolute atomic E-state index is 0.196. The Hall–Kier alpha value is -2.11. The fraction of sp³-hybridized carbons (Fsp3) is 0.417. The second-order valence-electron chi connectivity index (χ2n) is 4.08. The van der Waals surface area contributed by atoms with E-state index in [2.05, 4.69) is 20.6 Å². The van der Waals surface area contributed by atoms with Crippen molar-refractivity contribution in [3.63, 3.8) is 0 Å². The molecule has 2 N–H and O–H groups in total. The number of amides is 1. The highest BCUT2D eigenvalue weighted by Crippen LogP contribution is 2.09. The van der Waals surface area contributed by atoms with Crippen molar-refractivity contribution in [2.75, 3.05) is 5.32 Å². The van der Waals surface area contributed by atoms with Crippen LogP contribution in [0.15, 0.2) is 12.1 Å². The lowest BCUT2D eigenvalue weighted by atomic mass is 10.3. The average Bonchev–Trinajstić information content (AvgIpc) is 2.95. The molecule has 6 heteroatoms. The zero-order chi connectivity index (χ0) is 13.1. The number of H-pyrrole nitrogens is 1. The number of carbonyl (C=O) groups is 1. The number of hydrogen-bond acceptors (Lipinski definition) is 3. The number of aryl methyl sites for hydroxylation is 3. The summed E-state index contributed by atoms with van der Waals surface area (Å²) in [6, 6.07) is 3.62. The van der Waals surface area contributed by atoms with Crippen molar-refractivity contribution in [1.82, 2.24) is 20.0 Å². The molecule has 0 bridgehead atoms. The highest BCUT2D eigenvalue weighted by molar-refractivity contribution is 6.02. The molecule has 2 aromatic heterocycles. The molecular weight excluding hydrogens is 230 g/mol. The second kappa shape index (κ2) is 5.03. The van der Waals surface area contributed by atoms with Crippen molar-refractivity contribution in [2.24, 2.45) is 7.05 Å². The van der Waals surface area contributed by atoms with Gasteiger partial charge in [-0.05, 0) is 18.9 Å². The van der Waals surface area contributed by atoms with E-state index in [9.17, 15) is 4.79 Å². The molecule has 0 aliphatic carbocycles. The van der Waals surface area contributed by atoms with Gasteiger partial charge in [0.2, 0.25) is 0 Å². The predicted octanol–water partition coefficient (Wildman–Crippen LogP) is 1.52. The molecule has 0 atom stereocenters. The molecule has 2 aromatic rings. The smallest absolute Gasteiger partial charge is 0.275 e. The van der Waals surface area contributed by atoms with Crippen LogP contribution in [0.1, 0.15) is 35.7 Å². The van der Waals surface area contributed by atoms with Gasteiger partial charge in [0.05, 0.1) is 5.69 Å². The maximum atomic E-state index is 12.0. The Bertz CT molecular complexity index is 555. The van der Waals surface area contributed by atoms with E-state index in [4.69, 9.17) is 0 Å². The van der Waals surface area contributed by atoms with Crippen molar-refractivity contribution in [3.05, 3.63) is 29.2 Å². The predicted molar refractivity (Wildman–Crippen MR) is 68.5 cm³/mol. The molecule has 6 nitrogen and oxygen atoms in total. The van der Waals surface area contributed by atoms with Crippen LogP contribution in [0.5, 0.6) is 0 Å². The van der Waals surface area contributed by atoms with Crippen LogP contribution in [0.3, 0.4) is 0 Å². The summed E-state index contributed by atoms with van der Waals surface area (Å²) in [5.41, 5.74) is 2.43. The summed E-state index contributed by atoms with van der Waals surface area (Å²) in [4.78, 5) is 12.0. The molecule has 96 valence electrons. The van der Waals surface area contributed by atoms with Crippen LogP contribution in [-0.4, -0.2) is 25.9 Å². The molecule has 2 rings (SSSR count). The number of aromatic amines is 1. The summed E-state index contributed by atoms with van der Waals surface area (Å²) >= 11 is 0. The summed E-state index contributed by atoms with van der Waals surface area (Å²) in [7, 11) is 1.76. The summed E-state index contributed by atoms with van der Waals surface area (Å²) in [6.45, 7) is 4.03. The van der Waals surface area contributed by atoms with Gasteiger partial charge in [-0.25, -0.2) is 0 Å². The Morgan fingerprint density at radius 1 is 1.39 bits per heavy atom. The van der Waals surface area contributed by atoms with Crippen LogP contribution < -0.4 is 5.32 Å². The standard InChI is InChI=1S/C12H17N5O/c1-4-8-7-11(15-14-8)13-12(18)10-6-9(5-2)16-17(10)3/h6-7H,4-5H2,1-3H3,(H2,13,14,15,18). The molecule has 0 saturated carbocycles. The summed E-state index contributed by atoms with van der Waals surface area (Å²) in [6.07, 6.45) is 1.66. The largest absolute Gasteiger partial charge is 0.304 e. The van der Waals surface area contributed by atoms with Gasteiger partial charge in [-0.3, -0.25) is 14.6 Å². The lowest BCUT2D eigenvalue weighted by Gasteiger charge is -2.01. The Kier molecular flexibility index (Phi) is 3.45. The van der Waals surface area contributed by atoms with Crippen LogP contribution in [0.25, 0.3) is 0 Å². The highest BCUT2D eigenvalue weighted by atomic mass is 16.2. The number of carbonyl (C=O) groups excluding carboxylic acids is 1. The van der Waals surface area contributed by atoms with Gasteiger partial charge in [-0.1, -0.05) is 13.8 Å². The number of aromatic nitrogens is 4. The average molecular weight is 247 g/mol. The summed E-state index contributed by atoms with van der Waals surface area (Å²) in [5.74, 6) is 0.343. The minimum atomic E-state index is -0.196. The zero-order valence-corrected chi connectivity index (χ0v) is 10.8. The Morgan fingerprint density at radius 2 is 2.17 bits per heavy atom. The highest BCUT2D eigenvalue weighted by Gasteiger charge is 2.13. The summed E-state index contributed by atoms with van der Waals surface area (Å²) < 4.78 is 1.58. The van der Waals surface area contributed by atoms with E-state index in [0.717, 1.165) is 24.2 Å². The van der Waals surface area contributed by atoms with Gasteiger partial charge in [-0.2, -0.15) is 10.2 Å². The molecule has 0 radical (unpaired) electrons. The fourth-order valence-electron chi connectivity index (χ4n) is 1.70. The van der Waals surface area contributed by atoms with Gasteiger partial charge in [0.1, 0.15) is 5.69 Å². The van der Waals surface area contributed by atoms with Crippen LogP contribution in [0, 0.1) is 0 Å². The van der Waals surface area contributed by atoms with E-state index in [1.807, 2.05) is 19.9 Å². The lowest BCUT2D eigenvalue weighted by Crippen LogP contribution is -2.16. The first kappa shape index (κ1) is 12.3. The molecule has 2 heterocycles. The van der Waals surface area contributed by atoms with Gasteiger partial charge in [0.25, 0.3) is 5.91 Å². The number of rotatable bonds is 4. The molecular formula is C12H17N5O. The maximum Gasteiger partial charge on any atom is 0.275 e. The maximum absolute atomic E-state index is 12.0. The molecule has 0 unspecified atom stereocenters. The first-order valence-corrected chi connectivity index (χ1v) is 6.02. The quantitative estimate of drug-likeness (QED) is 0.860. The molecule has 0 fully saturated rings. The van der Waals surface area contributed by atoms with Crippen LogP contribution in [0.2, 0.25) is 0 Å². The lowest BCUT2D eigenvalue weighted by molar-refractivity contribution is 0.101. The molecule has 0 aliphatic heterocycles. The Labute approximate surface area is 105 Å². The fourth-order valence-corrected chi connectivity index (χ4v) is 1.70. The van der Waals surface area contributed by atoms with Crippen LogP contribution in [0.4, 0.5) is 5.82 Å². The van der Waals surface area contributed by atoms with Gasteiger partial charge < -0.3 is 5.32 Å². The first-order valence-electron chi connectivity index (χ1n) is 6.02. The first-order chi connectivity index (χ1) is 8.63. The number of anilines is 1. The monoisotopic (exact) mass is 247 g/mol. The van der Waals surface area contributed by atoms with E-state index >= 15 is 0 Å². The van der Waals surface area contributed by atoms with Gasteiger partial charge in [0, 0.05) is 18.8 Å². The molecule has 18 heavy (non-hydrogen) atoms. The third kappa shape index (κ3) is 2.42. The third-order valence-corrected chi connectivity index (χ3v) is 2.78. The number of nitrogens with zero attached hydrogens (tertiary/aromatic N) is 3. The van der Waals surface area contributed by atoms with Crippen molar-refractivity contribution >= 4 is 11.7 Å². The van der Waals surface area contributed by atoms with E-state index in [-0.39, 0.29) is 5.91 Å². The van der Waals surface area contributed by atoms with Gasteiger partial charge in [0.15, 0.2) is 5.82 Å². The van der Waals surface area contributed by atoms with Crippen molar-refractivity contribution < 1.29 is 4.79 Å². The number of nitrogens with one attached hydrogen (secondary N) is 2. The Morgan fingerprint density at radius 3 is 2.72 bits per heavy atom. The second-order valence-corrected chi connectivity index (χ2v) is 4.08. The third-order valence-electron chi connectivity index (χ3n) is 2.78. The normalized spacial score (nSPS) is 10.6. The molecule has 0 saturated heterocycles. The molecule has 0 aromatic carbocycles. The van der Waals surface area contributed by atoms with Crippen molar-refractivity contribution in [1.29, 1.82) is 0 Å². The van der Waals surface area contributed by atoms with Crippen LogP contribution in [-0.2, 0) is 19.9 Å². The van der Waals surface area contributed by atoms with E-state index in [1.165, 1.54) is 0 Å². The topological polar surface area (TPSA) is 75.6 Å². The van der Waals surface area contributed by atoms with Gasteiger partial charge in [-0.15, -0.1) is 0 Å². The van der Waals surface area contributed by atoms with Crippen molar-refractivity contribution in [2.45, 2.75) is 26.7 Å². The van der Waals surface area contributed by atoms with E-state index in [0.29, 0.717) is 11.5 Å². The van der Waals surface area contributed by atoms with Gasteiger partial charge >= 0.3 is 0 Å². The zero-order valence-electron chi connectivity index (χ0n) is 10.8.